The minimum atomic E-state index is -0.584. The zero-order valence-corrected chi connectivity index (χ0v) is 15.9. The Kier molecular flexibility index (Phi) is 5.80. The molecule has 2 aromatic rings. The number of thiophene rings is 1. The van der Waals surface area contributed by atoms with Crippen molar-refractivity contribution >= 4 is 45.9 Å². The predicted molar refractivity (Wildman–Crippen MR) is 106 cm³/mol. The van der Waals surface area contributed by atoms with E-state index in [1.54, 1.807) is 49.6 Å². The number of rotatable bonds is 5. The number of nitrogens with zero attached hydrogens (tertiary/aromatic N) is 1. The Bertz CT molecular complexity index is 881. The Morgan fingerprint density at radius 1 is 1.27 bits per heavy atom. The fourth-order valence-electron chi connectivity index (χ4n) is 2.27. The molecule has 1 aromatic carbocycles. The summed E-state index contributed by atoms with van der Waals surface area (Å²) in [4.78, 5) is 18.4. The first-order valence-electron chi connectivity index (χ1n) is 7.89. The molecular weight excluding hydrogens is 370 g/mol. The highest BCUT2D eigenvalue weighted by atomic mass is 32.2. The topological polar surface area (TPSA) is 68.1 Å². The average molecular weight is 387 g/mol. The van der Waals surface area contributed by atoms with Gasteiger partial charge in [0.2, 0.25) is 0 Å². The summed E-state index contributed by atoms with van der Waals surface area (Å²) in [6, 6.07) is 11.0. The summed E-state index contributed by atoms with van der Waals surface area (Å²) in [6.07, 6.45) is 1.83. The van der Waals surface area contributed by atoms with Gasteiger partial charge in [-0.05, 0) is 48.7 Å². The lowest BCUT2D eigenvalue weighted by Gasteiger charge is -2.04. The van der Waals surface area contributed by atoms with Gasteiger partial charge in [0, 0.05) is 4.88 Å². The molecule has 7 heteroatoms. The van der Waals surface area contributed by atoms with Gasteiger partial charge in [0.25, 0.3) is 0 Å². The van der Waals surface area contributed by atoms with Crippen LogP contribution in [-0.2, 0) is 9.53 Å². The van der Waals surface area contributed by atoms with Crippen molar-refractivity contribution in [3.8, 4) is 5.75 Å². The van der Waals surface area contributed by atoms with Gasteiger partial charge < -0.3 is 14.6 Å². The molecule has 1 N–H and O–H groups in total. The summed E-state index contributed by atoms with van der Waals surface area (Å²) in [5.74, 6) is 0.0313. The van der Waals surface area contributed by atoms with Crippen molar-refractivity contribution < 1.29 is 19.4 Å². The van der Waals surface area contributed by atoms with Crippen molar-refractivity contribution in [3.63, 3.8) is 0 Å². The third-order valence-corrected chi connectivity index (χ3v) is 5.33. The number of hydrogen-bond acceptors (Lipinski definition) is 7. The summed E-state index contributed by atoms with van der Waals surface area (Å²) in [7, 11) is 1.59. The minimum Gasteiger partial charge on any atom is -0.506 e. The van der Waals surface area contributed by atoms with Gasteiger partial charge in [-0.3, -0.25) is 0 Å². The lowest BCUT2D eigenvalue weighted by atomic mass is 10.2. The molecule has 1 aliphatic rings. The van der Waals surface area contributed by atoms with Gasteiger partial charge in [-0.2, -0.15) is 0 Å². The van der Waals surface area contributed by atoms with Crippen LogP contribution >= 0.6 is 23.1 Å². The first-order chi connectivity index (χ1) is 12.6. The van der Waals surface area contributed by atoms with E-state index in [-0.39, 0.29) is 17.9 Å². The molecule has 2 heterocycles. The van der Waals surface area contributed by atoms with E-state index in [1.807, 2.05) is 23.6 Å². The highest BCUT2D eigenvalue weighted by molar-refractivity contribution is 8.18. The Morgan fingerprint density at radius 3 is 2.65 bits per heavy atom. The highest BCUT2D eigenvalue weighted by Crippen LogP contribution is 2.40. The molecule has 5 nitrogen and oxygen atoms in total. The summed E-state index contributed by atoms with van der Waals surface area (Å²) in [5.41, 5.74) is 0.746. The van der Waals surface area contributed by atoms with E-state index >= 15 is 0 Å². The lowest BCUT2D eigenvalue weighted by molar-refractivity contribution is -0.138. The van der Waals surface area contributed by atoms with E-state index < -0.39 is 5.97 Å². The highest BCUT2D eigenvalue weighted by Gasteiger charge is 2.33. The first kappa shape index (κ1) is 18.3. The molecule has 1 aromatic heterocycles. The second-order valence-corrected chi connectivity index (χ2v) is 7.20. The standard InChI is InChI=1S/C19H17NO4S2/c1-3-24-19(22)16-17(21)15(11-14-5-4-10-25-14)26-18(16)20-12-6-8-13(23-2)9-7-12/h4-11,21H,3H2,1-2H3. The number of aliphatic imine (C=N–C) groups is 1. The molecule has 1 aliphatic heterocycles. The number of aliphatic hydroxyl groups excluding tert-OH is 1. The molecule has 0 amide bonds. The summed E-state index contributed by atoms with van der Waals surface area (Å²) in [5, 5.41) is 12.9. The smallest absolute Gasteiger partial charge is 0.344 e. The normalized spacial score (nSPS) is 17.2. The number of methoxy groups -OCH3 is 1. The number of ether oxygens (including phenoxy) is 2. The van der Waals surface area contributed by atoms with Crippen molar-refractivity contribution in [2.45, 2.75) is 6.92 Å². The molecule has 0 saturated heterocycles. The molecular formula is C19H17NO4S2. The van der Waals surface area contributed by atoms with E-state index in [0.717, 1.165) is 10.6 Å². The Hall–Kier alpha value is -2.51. The third kappa shape index (κ3) is 4.00. The number of carbonyl (C=O) groups excluding carboxylic acids is 1. The molecule has 134 valence electrons. The number of esters is 1. The SMILES string of the molecule is CCOC(=O)C1=C(O)C(=Cc2cccs2)SC1=Nc1ccc(OC)cc1. The molecule has 0 saturated carbocycles. The average Bonchev–Trinajstić information content (AvgIpc) is 3.25. The van der Waals surface area contributed by atoms with E-state index in [9.17, 15) is 9.90 Å². The van der Waals surface area contributed by atoms with E-state index in [2.05, 4.69) is 4.99 Å². The van der Waals surface area contributed by atoms with Gasteiger partial charge in [-0.15, -0.1) is 11.3 Å². The molecule has 0 spiro atoms. The van der Waals surface area contributed by atoms with E-state index in [1.165, 1.54) is 11.8 Å². The first-order valence-corrected chi connectivity index (χ1v) is 9.59. The third-order valence-electron chi connectivity index (χ3n) is 3.49. The van der Waals surface area contributed by atoms with Crippen LogP contribution in [0.3, 0.4) is 0 Å². The van der Waals surface area contributed by atoms with E-state index in [0.29, 0.717) is 15.6 Å². The van der Waals surface area contributed by atoms with Crippen molar-refractivity contribution in [2.75, 3.05) is 13.7 Å². The van der Waals surface area contributed by atoms with Crippen LogP contribution in [-0.4, -0.2) is 29.8 Å². The van der Waals surface area contributed by atoms with Gasteiger partial charge in [0.1, 0.15) is 22.1 Å². The molecule has 3 rings (SSSR count). The fourth-order valence-corrected chi connectivity index (χ4v) is 4.03. The molecule has 0 fully saturated rings. The van der Waals surface area contributed by atoms with Crippen LogP contribution in [0.2, 0.25) is 0 Å². The Labute approximate surface area is 159 Å². The summed E-state index contributed by atoms with van der Waals surface area (Å²) in [6.45, 7) is 1.94. The second-order valence-electron chi connectivity index (χ2n) is 5.19. The van der Waals surface area contributed by atoms with Gasteiger partial charge in [-0.25, -0.2) is 9.79 Å². The van der Waals surface area contributed by atoms with Crippen molar-refractivity contribution in [1.82, 2.24) is 0 Å². The van der Waals surface area contributed by atoms with Crippen molar-refractivity contribution in [1.29, 1.82) is 0 Å². The largest absolute Gasteiger partial charge is 0.506 e. The number of benzene rings is 1. The van der Waals surface area contributed by atoms with Crippen LogP contribution in [0.4, 0.5) is 5.69 Å². The van der Waals surface area contributed by atoms with Crippen LogP contribution in [0, 0.1) is 0 Å². The second kappa shape index (κ2) is 8.25. The van der Waals surface area contributed by atoms with Crippen LogP contribution < -0.4 is 4.74 Å². The van der Waals surface area contributed by atoms with Crippen molar-refractivity contribution in [3.05, 3.63) is 62.9 Å². The number of aliphatic hydroxyl groups is 1. The maximum absolute atomic E-state index is 12.3. The van der Waals surface area contributed by atoms with Gasteiger partial charge in [0.15, 0.2) is 0 Å². The quantitative estimate of drug-likeness (QED) is 0.735. The van der Waals surface area contributed by atoms with Crippen LogP contribution in [0.5, 0.6) is 5.75 Å². The molecule has 0 unspecified atom stereocenters. The van der Waals surface area contributed by atoms with Crippen LogP contribution in [0.1, 0.15) is 11.8 Å². The lowest BCUT2D eigenvalue weighted by Crippen LogP contribution is -2.12. The zero-order valence-electron chi connectivity index (χ0n) is 14.3. The summed E-state index contributed by atoms with van der Waals surface area (Å²) >= 11 is 2.79. The minimum absolute atomic E-state index is 0.0930. The molecule has 0 aliphatic carbocycles. The molecule has 26 heavy (non-hydrogen) atoms. The Morgan fingerprint density at radius 2 is 2.04 bits per heavy atom. The van der Waals surface area contributed by atoms with Gasteiger partial charge >= 0.3 is 5.97 Å². The molecule has 0 bridgehead atoms. The zero-order chi connectivity index (χ0) is 18.5. The number of hydrogen-bond donors (Lipinski definition) is 1. The predicted octanol–water partition coefficient (Wildman–Crippen LogP) is 4.95. The fraction of sp³-hybridized carbons (Fsp3) is 0.158. The maximum Gasteiger partial charge on any atom is 0.344 e. The van der Waals surface area contributed by atoms with Gasteiger partial charge in [0.05, 0.1) is 24.3 Å². The molecule has 0 radical (unpaired) electrons. The monoisotopic (exact) mass is 387 g/mol. The van der Waals surface area contributed by atoms with Crippen LogP contribution in [0.25, 0.3) is 6.08 Å². The molecule has 0 atom stereocenters. The van der Waals surface area contributed by atoms with E-state index in [4.69, 9.17) is 9.47 Å². The van der Waals surface area contributed by atoms with Gasteiger partial charge in [-0.1, -0.05) is 17.8 Å². The van der Waals surface area contributed by atoms with Crippen LogP contribution in [0.15, 0.2) is 63.0 Å². The number of thioether (sulfide) groups is 1. The maximum atomic E-state index is 12.3. The summed E-state index contributed by atoms with van der Waals surface area (Å²) < 4.78 is 10.2. The number of carbonyl (C=O) groups is 1. The Balaban J connectivity index is 1.99. The van der Waals surface area contributed by atoms with Crippen molar-refractivity contribution in [2.24, 2.45) is 4.99 Å².